The quantitative estimate of drug-likeness (QED) is 0.304. The van der Waals surface area contributed by atoms with Crippen molar-refractivity contribution >= 4 is 45.0 Å². The van der Waals surface area contributed by atoms with Crippen molar-refractivity contribution in [2.45, 2.75) is 45.4 Å². The van der Waals surface area contributed by atoms with Crippen LogP contribution in [0, 0.1) is 0 Å². The summed E-state index contributed by atoms with van der Waals surface area (Å²) in [6, 6.07) is 20.9. The second-order valence-electron chi connectivity index (χ2n) is 11.0. The third-order valence-electron chi connectivity index (χ3n) is 7.91. The molecule has 2 N–H and O–H groups in total. The summed E-state index contributed by atoms with van der Waals surface area (Å²) in [6.45, 7) is 6.16. The number of hydrogen-bond acceptors (Lipinski definition) is 4. The maximum absolute atomic E-state index is 13.9. The molecule has 4 aromatic rings. The van der Waals surface area contributed by atoms with Crippen LogP contribution in [0.3, 0.4) is 0 Å². The summed E-state index contributed by atoms with van der Waals surface area (Å²) in [4.78, 5) is 42.6. The maximum atomic E-state index is 13.9. The molecule has 0 saturated carbocycles. The number of rotatable bonds is 6. The zero-order valence-electron chi connectivity index (χ0n) is 22.7. The first kappa shape index (κ1) is 27.5. The second kappa shape index (κ2) is 10.6. The topological polar surface area (TPSA) is 88.4 Å². The van der Waals surface area contributed by atoms with Crippen LogP contribution in [-0.4, -0.2) is 32.4 Å². The van der Waals surface area contributed by atoms with Crippen molar-refractivity contribution in [3.63, 3.8) is 0 Å². The molecule has 210 valence electrons. The highest BCUT2D eigenvalue weighted by molar-refractivity contribution is 9.10. The zero-order chi connectivity index (χ0) is 28.9. The molecule has 10 heteroatoms. The summed E-state index contributed by atoms with van der Waals surface area (Å²) >= 11 is 9.77. The van der Waals surface area contributed by atoms with Gasteiger partial charge in [-0.15, -0.1) is 0 Å². The van der Waals surface area contributed by atoms with E-state index in [1.165, 1.54) is 4.57 Å². The molecule has 2 amide bonds. The average Bonchev–Trinajstić information content (AvgIpc) is 3.38. The van der Waals surface area contributed by atoms with Gasteiger partial charge >= 0.3 is 5.69 Å². The van der Waals surface area contributed by atoms with E-state index in [4.69, 9.17) is 11.6 Å². The molecule has 0 unspecified atom stereocenters. The van der Waals surface area contributed by atoms with Crippen molar-refractivity contribution in [2.24, 2.45) is 0 Å². The molecule has 6 rings (SSSR count). The number of nitrogens with zero attached hydrogens (tertiary/aromatic N) is 3. The van der Waals surface area contributed by atoms with Crippen LogP contribution >= 0.6 is 27.5 Å². The molecule has 3 aromatic carbocycles. The average molecular weight is 635 g/mol. The summed E-state index contributed by atoms with van der Waals surface area (Å²) in [5.41, 5.74) is 4.00. The van der Waals surface area contributed by atoms with Gasteiger partial charge in [0, 0.05) is 42.9 Å². The van der Waals surface area contributed by atoms with Gasteiger partial charge in [-0.2, -0.15) is 0 Å². The highest BCUT2D eigenvalue weighted by Gasteiger charge is 2.39. The van der Waals surface area contributed by atoms with E-state index in [0.717, 1.165) is 26.9 Å². The van der Waals surface area contributed by atoms with Crippen molar-refractivity contribution in [1.82, 2.24) is 19.4 Å². The fourth-order valence-electron chi connectivity index (χ4n) is 5.58. The third kappa shape index (κ3) is 5.03. The minimum atomic E-state index is -0.757. The summed E-state index contributed by atoms with van der Waals surface area (Å²) in [5, 5.41) is 6.57. The zero-order valence-corrected chi connectivity index (χ0v) is 25.1. The number of carbonyl (C=O) groups excluding carboxylic acids is 2. The molecule has 8 nitrogen and oxygen atoms in total. The Balaban J connectivity index is 1.40. The normalized spacial score (nSPS) is 15.8. The molecule has 1 aromatic heterocycles. The number of anilines is 1. The van der Waals surface area contributed by atoms with Crippen LogP contribution < -0.4 is 16.3 Å². The molecular formula is C31H29BrClN5O3. The monoisotopic (exact) mass is 633 g/mol. The SMILES string of the molecule is CC1(C)C(=O)Nc2ccc(-n3c(C(=O)NCc4ccccc4)c4n(c3=O)CCN(Cc3ccc(Br)c(Cl)c3)C4)cc21. The summed E-state index contributed by atoms with van der Waals surface area (Å²) < 4.78 is 4.03. The Labute approximate surface area is 251 Å². The van der Waals surface area contributed by atoms with Crippen LogP contribution in [0.25, 0.3) is 5.69 Å². The van der Waals surface area contributed by atoms with Crippen LogP contribution in [0.4, 0.5) is 5.69 Å². The molecule has 0 atom stereocenters. The summed E-state index contributed by atoms with van der Waals surface area (Å²) in [7, 11) is 0. The fourth-order valence-corrected chi connectivity index (χ4v) is 6.03. The van der Waals surface area contributed by atoms with Crippen molar-refractivity contribution in [2.75, 3.05) is 11.9 Å². The molecule has 0 spiro atoms. The molecule has 2 aliphatic rings. The van der Waals surface area contributed by atoms with E-state index >= 15 is 0 Å². The highest BCUT2D eigenvalue weighted by atomic mass is 79.9. The first-order valence-electron chi connectivity index (χ1n) is 13.4. The number of nitrogens with one attached hydrogen (secondary N) is 2. The Morgan fingerprint density at radius 1 is 1.02 bits per heavy atom. The van der Waals surface area contributed by atoms with E-state index < -0.39 is 5.41 Å². The molecule has 0 bridgehead atoms. The van der Waals surface area contributed by atoms with Gasteiger partial charge in [0.25, 0.3) is 5.91 Å². The van der Waals surface area contributed by atoms with Crippen molar-refractivity contribution in [3.05, 3.63) is 115 Å². The Morgan fingerprint density at radius 2 is 1.80 bits per heavy atom. The molecule has 0 saturated heterocycles. The minimum absolute atomic E-state index is 0.0994. The van der Waals surface area contributed by atoms with E-state index in [0.29, 0.717) is 54.8 Å². The first-order chi connectivity index (χ1) is 19.6. The number of hydrogen-bond donors (Lipinski definition) is 2. The Hall–Kier alpha value is -3.66. The number of carbonyl (C=O) groups is 2. The lowest BCUT2D eigenvalue weighted by molar-refractivity contribution is -0.119. The van der Waals surface area contributed by atoms with Crippen LogP contribution in [0.15, 0.2) is 76.0 Å². The number of halogens is 2. The van der Waals surface area contributed by atoms with Gasteiger partial charge in [0.2, 0.25) is 5.91 Å². The lowest BCUT2D eigenvalue weighted by atomic mass is 9.86. The van der Waals surface area contributed by atoms with Gasteiger partial charge in [-0.25, -0.2) is 4.79 Å². The predicted octanol–water partition coefficient (Wildman–Crippen LogP) is 5.23. The van der Waals surface area contributed by atoms with Gasteiger partial charge in [0.15, 0.2) is 0 Å². The van der Waals surface area contributed by atoms with Crippen LogP contribution in [0.5, 0.6) is 0 Å². The number of fused-ring (bicyclic) bond motifs is 2. The largest absolute Gasteiger partial charge is 0.347 e. The van der Waals surface area contributed by atoms with Gasteiger partial charge in [-0.1, -0.05) is 48.0 Å². The molecule has 0 radical (unpaired) electrons. The molecule has 41 heavy (non-hydrogen) atoms. The Kier molecular flexibility index (Phi) is 7.13. The smallest absolute Gasteiger partial charge is 0.333 e. The van der Waals surface area contributed by atoms with E-state index in [2.05, 4.69) is 31.5 Å². The summed E-state index contributed by atoms with van der Waals surface area (Å²) in [5.74, 6) is -0.431. The van der Waals surface area contributed by atoms with E-state index in [1.54, 1.807) is 16.7 Å². The first-order valence-corrected chi connectivity index (χ1v) is 14.6. The molecule has 0 aliphatic carbocycles. The maximum Gasteiger partial charge on any atom is 0.333 e. The van der Waals surface area contributed by atoms with Gasteiger partial charge in [-0.3, -0.25) is 23.6 Å². The third-order valence-corrected chi connectivity index (χ3v) is 9.14. The Morgan fingerprint density at radius 3 is 2.56 bits per heavy atom. The van der Waals surface area contributed by atoms with Crippen LogP contribution in [0.1, 0.15) is 46.7 Å². The van der Waals surface area contributed by atoms with E-state index in [9.17, 15) is 14.4 Å². The van der Waals surface area contributed by atoms with E-state index in [1.807, 2.05) is 68.4 Å². The van der Waals surface area contributed by atoms with Gasteiger partial charge in [0.05, 0.1) is 21.8 Å². The lowest BCUT2D eigenvalue weighted by Crippen LogP contribution is -2.37. The molecular weight excluding hydrogens is 606 g/mol. The van der Waals surface area contributed by atoms with Crippen molar-refractivity contribution in [3.8, 4) is 5.69 Å². The number of benzene rings is 3. The number of aromatic nitrogens is 2. The van der Waals surface area contributed by atoms with Gasteiger partial charge < -0.3 is 10.6 Å². The van der Waals surface area contributed by atoms with Gasteiger partial charge in [0.1, 0.15) is 5.69 Å². The number of amides is 2. The summed E-state index contributed by atoms with van der Waals surface area (Å²) in [6.07, 6.45) is 0. The highest BCUT2D eigenvalue weighted by Crippen LogP contribution is 2.38. The minimum Gasteiger partial charge on any atom is -0.347 e. The van der Waals surface area contributed by atoms with Gasteiger partial charge in [-0.05, 0) is 76.8 Å². The number of imidazole rings is 1. The van der Waals surface area contributed by atoms with E-state index in [-0.39, 0.29) is 17.5 Å². The standard InChI is InChI=1S/C31H29BrClN5O3/c1-31(2)22-15-21(9-11-25(22)35-29(31)40)38-27(28(39)34-16-19-6-4-3-5-7-19)26-18-36(12-13-37(26)30(38)41)17-20-8-10-23(32)24(33)14-20/h3-11,14-15H,12-13,16-18H2,1-2H3,(H,34,39)(H,35,40). The van der Waals surface area contributed by atoms with Crippen molar-refractivity contribution < 1.29 is 9.59 Å². The molecule has 2 aliphatic heterocycles. The molecule has 0 fully saturated rings. The van der Waals surface area contributed by atoms with Crippen LogP contribution in [-0.2, 0) is 36.4 Å². The fraction of sp³-hybridized carbons (Fsp3) is 0.258. The van der Waals surface area contributed by atoms with Crippen molar-refractivity contribution in [1.29, 1.82) is 0 Å². The Bertz CT molecular complexity index is 1740. The van der Waals surface area contributed by atoms with Crippen LogP contribution in [0.2, 0.25) is 5.02 Å². The second-order valence-corrected chi connectivity index (χ2v) is 12.3. The molecule has 3 heterocycles. The predicted molar refractivity (Wildman–Crippen MR) is 163 cm³/mol. The lowest BCUT2D eigenvalue weighted by Gasteiger charge is -2.28.